The number of carbonyl (C=O) groups excluding carboxylic acids is 1. The molecule has 176 valence electrons. The number of hydrogen-bond donors (Lipinski definition) is 0. The second-order valence-electron chi connectivity index (χ2n) is 11.3. The van der Waals surface area contributed by atoms with Gasteiger partial charge in [-0.05, 0) is 114 Å². The number of allylic oxidation sites excluding steroid dienone is 2. The first-order valence-electron chi connectivity index (χ1n) is 13.0. The summed E-state index contributed by atoms with van der Waals surface area (Å²) in [4.78, 5) is 22.2. The van der Waals surface area contributed by atoms with Crippen LogP contribution in [-0.2, 0) is 10.2 Å². The molecule has 1 amide bonds. The SMILES string of the molecule is CCC1C=CCC2CC3(c4cc(-c5ccc6c(c5)=C=C=C(C(=O)N=O)C=6)ccc4C)CCC1(C2)C3. The molecular weight excluding hydrogens is 430 g/mol. The van der Waals surface area contributed by atoms with E-state index >= 15 is 0 Å². The molecule has 4 aliphatic rings. The van der Waals surface area contributed by atoms with Crippen LogP contribution in [0, 0.1) is 29.1 Å². The van der Waals surface area contributed by atoms with Gasteiger partial charge in [-0.1, -0.05) is 60.9 Å². The molecule has 0 heterocycles. The molecule has 0 aromatic heterocycles. The lowest BCUT2D eigenvalue weighted by molar-refractivity contribution is -0.114. The maximum Gasteiger partial charge on any atom is 0.325 e. The summed E-state index contributed by atoms with van der Waals surface area (Å²) in [7, 11) is 0. The zero-order valence-corrected chi connectivity index (χ0v) is 20.6. The van der Waals surface area contributed by atoms with Gasteiger partial charge in [-0.25, -0.2) is 0 Å². The number of hydrogen-bond acceptors (Lipinski definition) is 2. The molecule has 2 aromatic rings. The predicted octanol–water partition coefficient (Wildman–Crippen LogP) is 6.01. The molecule has 2 saturated carbocycles. The second-order valence-corrected chi connectivity index (χ2v) is 11.3. The van der Waals surface area contributed by atoms with E-state index in [0.29, 0.717) is 5.41 Å². The standard InChI is InChI=1S/C32H31NO2/c1-3-28-6-4-5-22-18-31(28)13-14-32(19-22,20-31)29-17-26(8-7-21(29)2)24-9-10-25-16-27(30(34)33-35)12-11-23(25)15-24/h4,6-10,15-17,22,28H,3,5,13-14,18-20H2,1-2H3. The summed E-state index contributed by atoms with van der Waals surface area (Å²) in [5.74, 6) is 0.708. The molecule has 0 aliphatic heterocycles. The van der Waals surface area contributed by atoms with Crippen molar-refractivity contribution in [2.75, 3.05) is 0 Å². The first kappa shape index (κ1) is 22.2. The van der Waals surface area contributed by atoms with Crippen LogP contribution in [-0.4, -0.2) is 5.91 Å². The molecule has 2 aromatic carbocycles. The van der Waals surface area contributed by atoms with Crippen LogP contribution in [0.5, 0.6) is 0 Å². The molecule has 4 aliphatic carbocycles. The first-order valence-corrected chi connectivity index (χ1v) is 13.0. The van der Waals surface area contributed by atoms with E-state index in [2.05, 4.69) is 73.0 Å². The average Bonchev–Trinajstić information content (AvgIpc) is 3.09. The molecule has 0 N–H and O–H groups in total. The zero-order valence-electron chi connectivity index (χ0n) is 20.6. The quantitative estimate of drug-likeness (QED) is 0.318. The van der Waals surface area contributed by atoms with Gasteiger partial charge in [-0.3, -0.25) is 4.79 Å². The van der Waals surface area contributed by atoms with Crippen LogP contribution in [0.4, 0.5) is 0 Å². The van der Waals surface area contributed by atoms with Gasteiger partial charge >= 0.3 is 5.91 Å². The molecule has 0 radical (unpaired) electrons. The van der Waals surface area contributed by atoms with Crippen LogP contribution < -0.4 is 10.4 Å². The van der Waals surface area contributed by atoms with Crippen LogP contribution >= 0.6 is 0 Å². The molecule has 3 heteroatoms. The summed E-state index contributed by atoms with van der Waals surface area (Å²) in [5, 5.41) is 4.24. The van der Waals surface area contributed by atoms with E-state index < -0.39 is 5.91 Å². The van der Waals surface area contributed by atoms with Gasteiger partial charge in [-0.2, -0.15) is 0 Å². The number of fused-ring (bicyclic) bond motifs is 3. The van der Waals surface area contributed by atoms with Crippen molar-refractivity contribution in [1.82, 2.24) is 0 Å². The maximum absolute atomic E-state index is 11.6. The summed E-state index contributed by atoms with van der Waals surface area (Å²) in [5.41, 5.74) is 12.1. The van der Waals surface area contributed by atoms with E-state index in [1.165, 1.54) is 56.1 Å². The third-order valence-electron chi connectivity index (χ3n) is 9.37. The summed E-state index contributed by atoms with van der Waals surface area (Å²) in [6.45, 7) is 4.66. The molecule has 4 unspecified atom stereocenters. The minimum Gasteiger partial charge on any atom is -0.262 e. The highest BCUT2D eigenvalue weighted by molar-refractivity contribution is 6.02. The third kappa shape index (κ3) is 3.54. The fourth-order valence-electron chi connectivity index (χ4n) is 7.90. The molecule has 2 fully saturated rings. The highest BCUT2D eigenvalue weighted by Crippen LogP contribution is 2.66. The summed E-state index contributed by atoms with van der Waals surface area (Å²) in [6.07, 6.45) is 15.9. The van der Waals surface area contributed by atoms with E-state index in [1.807, 2.05) is 6.07 Å². The number of amides is 1. The van der Waals surface area contributed by atoms with E-state index in [4.69, 9.17) is 0 Å². The lowest BCUT2D eigenvalue weighted by Crippen LogP contribution is -2.38. The molecule has 6 rings (SSSR count). The van der Waals surface area contributed by atoms with Crippen molar-refractivity contribution >= 4 is 17.7 Å². The van der Waals surface area contributed by atoms with Crippen LogP contribution in [0.15, 0.2) is 65.0 Å². The Morgan fingerprint density at radius 2 is 1.91 bits per heavy atom. The Balaban J connectivity index is 1.42. The van der Waals surface area contributed by atoms with E-state index in [-0.39, 0.29) is 11.0 Å². The Hall–Kier alpha value is -3.25. The Morgan fingerprint density at radius 1 is 1.09 bits per heavy atom. The zero-order chi connectivity index (χ0) is 24.2. The normalized spacial score (nSPS) is 29.9. The Bertz CT molecular complexity index is 1480. The topological polar surface area (TPSA) is 46.5 Å². The van der Waals surface area contributed by atoms with E-state index in [9.17, 15) is 9.70 Å². The molecule has 3 bridgehead atoms. The summed E-state index contributed by atoms with van der Waals surface area (Å²) in [6, 6.07) is 13.2. The number of benzene rings is 2. The molecular formula is C32H31NO2. The molecule has 1 spiro atoms. The minimum absolute atomic E-state index is 0.158. The number of nitroso groups, excluding NO2 is 1. The van der Waals surface area contributed by atoms with Gasteiger partial charge < -0.3 is 0 Å². The predicted molar refractivity (Wildman–Crippen MR) is 140 cm³/mol. The number of rotatable bonds is 4. The van der Waals surface area contributed by atoms with Gasteiger partial charge in [0.25, 0.3) is 0 Å². The van der Waals surface area contributed by atoms with Crippen molar-refractivity contribution < 1.29 is 4.79 Å². The van der Waals surface area contributed by atoms with Gasteiger partial charge in [0.1, 0.15) is 0 Å². The lowest BCUT2D eigenvalue weighted by atomic mass is 9.58. The fourth-order valence-corrected chi connectivity index (χ4v) is 7.90. The van der Waals surface area contributed by atoms with Crippen molar-refractivity contribution in [3.05, 3.63) is 86.3 Å². The highest BCUT2D eigenvalue weighted by atomic mass is 16.3. The molecule has 35 heavy (non-hydrogen) atoms. The number of aryl methyl sites for hydroxylation is 1. The van der Waals surface area contributed by atoms with Gasteiger partial charge in [0.05, 0.1) is 5.57 Å². The summed E-state index contributed by atoms with van der Waals surface area (Å²) >= 11 is 0. The van der Waals surface area contributed by atoms with Gasteiger partial charge in [0, 0.05) is 10.4 Å². The number of carbonyl (C=O) groups is 1. The van der Waals surface area contributed by atoms with Gasteiger partial charge in [0.2, 0.25) is 0 Å². The van der Waals surface area contributed by atoms with Crippen LogP contribution in [0.1, 0.15) is 63.0 Å². The van der Waals surface area contributed by atoms with Crippen LogP contribution in [0.2, 0.25) is 0 Å². The number of nitrogens with zero attached hydrogens (tertiary/aromatic N) is 1. The molecule has 3 nitrogen and oxygen atoms in total. The van der Waals surface area contributed by atoms with Gasteiger partial charge in [-0.15, -0.1) is 4.91 Å². The van der Waals surface area contributed by atoms with Crippen molar-refractivity contribution in [2.24, 2.45) is 22.4 Å². The van der Waals surface area contributed by atoms with Gasteiger partial charge in [0.15, 0.2) is 0 Å². The van der Waals surface area contributed by atoms with Crippen molar-refractivity contribution in [3.8, 4) is 11.1 Å². The maximum atomic E-state index is 11.6. The smallest absolute Gasteiger partial charge is 0.262 e. The molecule has 0 saturated heterocycles. The lowest BCUT2D eigenvalue weighted by Gasteiger charge is -2.46. The monoisotopic (exact) mass is 461 g/mol. The van der Waals surface area contributed by atoms with Crippen LogP contribution in [0.3, 0.4) is 0 Å². The van der Waals surface area contributed by atoms with Crippen LogP contribution in [0.25, 0.3) is 22.9 Å². The second kappa shape index (κ2) is 8.16. The summed E-state index contributed by atoms with van der Waals surface area (Å²) < 4.78 is 0. The van der Waals surface area contributed by atoms with E-state index in [0.717, 1.165) is 27.8 Å². The third-order valence-corrected chi connectivity index (χ3v) is 9.37. The Labute approximate surface area is 206 Å². The van der Waals surface area contributed by atoms with Crippen molar-refractivity contribution in [3.63, 3.8) is 0 Å². The Kier molecular flexibility index (Phi) is 5.18. The highest BCUT2D eigenvalue weighted by Gasteiger charge is 2.57. The van der Waals surface area contributed by atoms with E-state index in [1.54, 1.807) is 11.6 Å². The Morgan fingerprint density at radius 3 is 2.74 bits per heavy atom. The average molecular weight is 462 g/mol. The molecule has 4 atom stereocenters. The largest absolute Gasteiger partial charge is 0.325 e. The fraction of sp³-hybridized carbons (Fsp3) is 0.406. The first-order chi connectivity index (χ1) is 16.9. The van der Waals surface area contributed by atoms with Crippen molar-refractivity contribution in [2.45, 2.75) is 64.2 Å². The van der Waals surface area contributed by atoms with Crippen molar-refractivity contribution in [1.29, 1.82) is 0 Å². The minimum atomic E-state index is -0.808.